The van der Waals surface area contributed by atoms with Gasteiger partial charge in [-0.05, 0) is 23.8 Å². The van der Waals surface area contributed by atoms with Crippen LogP contribution in [0.15, 0.2) is 30.0 Å². The molecule has 0 fully saturated rings. The van der Waals surface area contributed by atoms with Crippen molar-refractivity contribution in [2.24, 2.45) is 5.92 Å². The number of aromatic hydroxyl groups is 1. The number of carbonyl (C=O) groups is 3. The van der Waals surface area contributed by atoms with E-state index in [0.29, 0.717) is 5.56 Å². The van der Waals surface area contributed by atoms with Gasteiger partial charge in [0, 0.05) is 5.92 Å². The van der Waals surface area contributed by atoms with Gasteiger partial charge in [0.05, 0.1) is 7.11 Å². The Labute approximate surface area is 122 Å². The summed E-state index contributed by atoms with van der Waals surface area (Å²) in [5, 5.41) is 11.4. The molecule has 0 atom stereocenters. The van der Waals surface area contributed by atoms with E-state index in [1.165, 1.54) is 25.3 Å². The molecule has 0 aliphatic carbocycles. The summed E-state index contributed by atoms with van der Waals surface area (Å²) in [6, 6.07) is 5.97. The summed E-state index contributed by atoms with van der Waals surface area (Å²) < 4.78 is 4.57. The van der Waals surface area contributed by atoms with Gasteiger partial charge in [-0.2, -0.15) is 0 Å². The molecule has 0 saturated heterocycles. The highest BCUT2D eigenvalue weighted by atomic mass is 16.5. The van der Waals surface area contributed by atoms with E-state index >= 15 is 0 Å². The van der Waals surface area contributed by atoms with E-state index in [9.17, 15) is 19.5 Å². The molecule has 0 spiro atoms. The molecule has 0 saturated carbocycles. The number of benzene rings is 1. The minimum Gasteiger partial charge on any atom is -0.508 e. The third-order valence-electron chi connectivity index (χ3n) is 2.61. The molecule has 0 unspecified atom stereocenters. The van der Waals surface area contributed by atoms with Crippen molar-refractivity contribution in [1.82, 2.24) is 5.32 Å². The Bertz CT molecular complexity index is 572. The molecule has 0 heterocycles. The number of hydrogen-bond acceptors (Lipinski definition) is 5. The highest BCUT2D eigenvalue weighted by molar-refractivity contribution is 6.37. The van der Waals surface area contributed by atoms with Gasteiger partial charge in [-0.1, -0.05) is 26.0 Å². The van der Waals surface area contributed by atoms with Gasteiger partial charge in [-0.25, -0.2) is 4.79 Å². The number of phenolic OH excluding ortho intramolecular Hbond substituents is 1. The van der Waals surface area contributed by atoms with Gasteiger partial charge < -0.3 is 15.2 Å². The number of rotatable bonds is 5. The molecule has 0 bridgehead atoms. The van der Waals surface area contributed by atoms with Crippen LogP contribution >= 0.6 is 0 Å². The van der Waals surface area contributed by atoms with Gasteiger partial charge in [0.2, 0.25) is 5.78 Å². The summed E-state index contributed by atoms with van der Waals surface area (Å²) in [7, 11) is 1.17. The summed E-state index contributed by atoms with van der Waals surface area (Å²) >= 11 is 0. The SMILES string of the molecule is COC(=O)C(=Cc1ccc(O)cc1)NC(=O)C(=O)C(C)C. The van der Waals surface area contributed by atoms with E-state index in [1.54, 1.807) is 26.0 Å². The van der Waals surface area contributed by atoms with E-state index in [2.05, 4.69) is 10.1 Å². The molecule has 2 N–H and O–H groups in total. The van der Waals surface area contributed by atoms with E-state index in [-0.39, 0.29) is 11.4 Å². The van der Waals surface area contributed by atoms with Crippen molar-refractivity contribution in [3.8, 4) is 5.75 Å². The van der Waals surface area contributed by atoms with Crippen LogP contribution in [0.3, 0.4) is 0 Å². The van der Waals surface area contributed by atoms with Crippen molar-refractivity contribution in [2.75, 3.05) is 7.11 Å². The zero-order valence-corrected chi connectivity index (χ0v) is 12.0. The number of carbonyl (C=O) groups excluding carboxylic acids is 3. The summed E-state index contributed by atoms with van der Waals surface area (Å²) in [5.41, 5.74) is 0.410. The molecule has 6 nitrogen and oxygen atoms in total. The van der Waals surface area contributed by atoms with Gasteiger partial charge in [-0.15, -0.1) is 0 Å². The van der Waals surface area contributed by atoms with Gasteiger partial charge in [0.1, 0.15) is 11.4 Å². The average molecular weight is 291 g/mol. The van der Waals surface area contributed by atoms with Crippen molar-refractivity contribution in [3.05, 3.63) is 35.5 Å². The fourth-order valence-electron chi connectivity index (χ4n) is 1.44. The lowest BCUT2D eigenvalue weighted by atomic mass is 10.1. The molecular weight excluding hydrogens is 274 g/mol. The number of methoxy groups -OCH3 is 1. The van der Waals surface area contributed by atoms with Crippen molar-refractivity contribution in [2.45, 2.75) is 13.8 Å². The van der Waals surface area contributed by atoms with Crippen LogP contribution in [0.25, 0.3) is 6.08 Å². The molecule has 1 aromatic carbocycles. The molecule has 1 amide bonds. The Morgan fingerprint density at radius 1 is 1.19 bits per heavy atom. The number of ether oxygens (including phenoxy) is 1. The van der Waals surface area contributed by atoms with Gasteiger partial charge in [0.25, 0.3) is 5.91 Å². The number of amides is 1. The van der Waals surface area contributed by atoms with Gasteiger partial charge >= 0.3 is 5.97 Å². The number of nitrogens with one attached hydrogen (secondary N) is 1. The van der Waals surface area contributed by atoms with E-state index < -0.39 is 23.6 Å². The zero-order chi connectivity index (χ0) is 16.0. The maximum Gasteiger partial charge on any atom is 0.354 e. The highest BCUT2D eigenvalue weighted by Crippen LogP contribution is 2.12. The lowest BCUT2D eigenvalue weighted by molar-refractivity contribution is -0.141. The number of esters is 1. The fourth-order valence-corrected chi connectivity index (χ4v) is 1.44. The first-order valence-corrected chi connectivity index (χ1v) is 6.29. The first-order chi connectivity index (χ1) is 9.85. The van der Waals surface area contributed by atoms with Crippen LogP contribution in [-0.2, 0) is 19.1 Å². The lowest BCUT2D eigenvalue weighted by Crippen LogP contribution is -2.35. The number of ketones is 1. The third kappa shape index (κ3) is 4.76. The van der Waals surface area contributed by atoms with Crippen LogP contribution in [0.1, 0.15) is 19.4 Å². The Kier molecular flexibility index (Phi) is 5.66. The maximum atomic E-state index is 11.7. The van der Waals surface area contributed by atoms with Gasteiger partial charge in [-0.3, -0.25) is 9.59 Å². The second kappa shape index (κ2) is 7.23. The van der Waals surface area contributed by atoms with Crippen LogP contribution in [0, 0.1) is 5.92 Å². The normalized spacial score (nSPS) is 11.1. The van der Waals surface area contributed by atoms with Crippen molar-refractivity contribution in [3.63, 3.8) is 0 Å². The second-order valence-electron chi connectivity index (χ2n) is 4.61. The predicted molar refractivity (Wildman–Crippen MR) is 76.1 cm³/mol. The Morgan fingerprint density at radius 3 is 2.24 bits per heavy atom. The summed E-state index contributed by atoms with van der Waals surface area (Å²) in [6.45, 7) is 3.17. The minimum absolute atomic E-state index is 0.0748. The van der Waals surface area contributed by atoms with E-state index in [0.717, 1.165) is 0 Å². The monoisotopic (exact) mass is 291 g/mol. The first-order valence-electron chi connectivity index (χ1n) is 6.29. The average Bonchev–Trinajstić information content (AvgIpc) is 2.46. The molecule has 112 valence electrons. The summed E-state index contributed by atoms with van der Waals surface area (Å²) in [4.78, 5) is 34.9. The number of phenols is 1. The van der Waals surface area contributed by atoms with Crippen molar-refractivity contribution < 1.29 is 24.2 Å². The molecule has 1 rings (SSSR count). The molecular formula is C15H17NO5. The molecule has 1 aromatic rings. The van der Waals surface area contributed by atoms with Crippen LogP contribution in [0.2, 0.25) is 0 Å². The molecule has 6 heteroatoms. The van der Waals surface area contributed by atoms with Crippen molar-refractivity contribution in [1.29, 1.82) is 0 Å². The molecule has 0 aromatic heterocycles. The van der Waals surface area contributed by atoms with Gasteiger partial charge in [0.15, 0.2) is 0 Å². The lowest BCUT2D eigenvalue weighted by Gasteiger charge is -2.09. The Hall–Kier alpha value is -2.63. The molecule has 21 heavy (non-hydrogen) atoms. The quantitative estimate of drug-likeness (QED) is 0.484. The molecule has 0 radical (unpaired) electrons. The van der Waals surface area contributed by atoms with E-state index in [4.69, 9.17) is 0 Å². The largest absolute Gasteiger partial charge is 0.508 e. The Morgan fingerprint density at radius 2 is 1.76 bits per heavy atom. The van der Waals surface area contributed by atoms with E-state index in [1.807, 2.05) is 0 Å². The maximum absolute atomic E-state index is 11.7. The number of hydrogen-bond donors (Lipinski definition) is 2. The topological polar surface area (TPSA) is 92.7 Å². The smallest absolute Gasteiger partial charge is 0.354 e. The Balaban J connectivity index is 3.01. The molecule has 0 aliphatic heterocycles. The third-order valence-corrected chi connectivity index (χ3v) is 2.61. The minimum atomic E-state index is -0.875. The standard InChI is InChI=1S/C15H17NO5/c1-9(2)13(18)14(19)16-12(15(20)21-3)8-10-4-6-11(17)7-5-10/h4-9,17H,1-3H3,(H,16,19). The molecule has 0 aliphatic rings. The summed E-state index contributed by atoms with van der Waals surface area (Å²) in [6.07, 6.45) is 1.36. The van der Waals surface area contributed by atoms with Crippen LogP contribution in [0.4, 0.5) is 0 Å². The van der Waals surface area contributed by atoms with Crippen LogP contribution < -0.4 is 5.32 Å². The zero-order valence-electron chi connectivity index (χ0n) is 12.0. The summed E-state index contributed by atoms with van der Waals surface area (Å²) in [5.74, 6) is -2.67. The highest BCUT2D eigenvalue weighted by Gasteiger charge is 2.21. The van der Waals surface area contributed by atoms with Crippen LogP contribution in [-0.4, -0.2) is 29.9 Å². The number of Topliss-reactive ketones (excluding diaryl/α,β-unsaturated/α-hetero) is 1. The fraction of sp³-hybridized carbons (Fsp3) is 0.267. The predicted octanol–water partition coefficient (Wildman–Crippen LogP) is 1.25. The first kappa shape index (κ1) is 16.4. The van der Waals surface area contributed by atoms with Crippen LogP contribution in [0.5, 0.6) is 5.75 Å². The van der Waals surface area contributed by atoms with Crippen molar-refractivity contribution >= 4 is 23.7 Å². The second-order valence-corrected chi connectivity index (χ2v) is 4.61.